The molecule has 1 aromatic carbocycles. The molecule has 0 amide bonds. The fourth-order valence-corrected chi connectivity index (χ4v) is 2.01. The lowest BCUT2D eigenvalue weighted by atomic mass is 10.0. The Kier molecular flexibility index (Phi) is 7.11. The highest BCUT2D eigenvalue weighted by atomic mass is 15.1. The third kappa shape index (κ3) is 6.74. The van der Waals surface area contributed by atoms with E-state index in [2.05, 4.69) is 69.2 Å². The van der Waals surface area contributed by atoms with Gasteiger partial charge in [-0.1, -0.05) is 38.1 Å². The maximum Gasteiger partial charge on any atom is 0.0206 e. The van der Waals surface area contributed by atoms with Crippen molar-refractivity contribution in [2.24, 2.45) is 5.92 Å². The molecule has 0 heterocycles. The van der Waals surface area contributed by atoms with E-state index in [0.717, 1.165) is 25.6 Å². The molecule has 0 atom stereocenters. The van der Waals surface area contributed by atoms with Crippen LogP contribution in [-0.4, -0.2) is 31.1 Å². The number of hydrogen-bond donors (Lipinski definition) is 1. The van der Waals surface area contributed by atoms with Crippen LogP contribution in [-0.2, 0) is 13.0 Å². The Labute approximate surface area is 119 Å². The summed E-state index contributed by atoms with van der Waals surface area (Å²) in [7, 11) is 2.17. The topological polar surface area (TPSA) is 15.3 Å². The Morgan fingerprint density at radius 2 is 1.58 bits per heavy atom. The highest BCUT2D eigenvalue weighted by molar-refractivity contribution is 5.22. The molecule has 1 aromatic rings. The minimum atomic E-state index is 0.622. The summed E-state index contributed by atoms with van der Waals surface area (Å²) in [6.45, 7) is 12.1. The lowest BCUT2D eigenvalue weighted by molar-refractivity contribution is 0.273. The first-order valence-electron chi connectivity index (χ1n) is 7.47. The molecule has 0 radical (unpaired) electrons. The van der Waals surface area contributed by atoms with E-state index in [1.165, 1.54) is 17.5 Å². The molecule has 0 aromatic heterocycles. The molecule has 1 N–H and O–H groups in total. The Morgan fingerprint density at radius 1 is 1.00 bits per heavy atom. The largest absolute Gasteiger partial charge is 0.311 e. The van der Waals surface area contributed by atoms with Gasteiger partial charge in [0.25, 0.3) is 0 Å². The Bertz CT molecular complexity index is 341. The molecule has 2 heteroatoms. The Hall–Kier alpha value is -0.860. The number of rotatable bonds is 8. The lowest BCUT2D eigenvalue weighted by Gasteiger charge is -2.20. The lowest BCUT2D eigenvalue weighted by Crippen LogP contribution is -2.33. The zero-order valence-electron chi connectivity index (χ0n) is 13.2. The maximum absolute atomic E-state index is 3.51. The Balaban J connectivity index is 2.26. The molecule has 0 aliphatic rings. The fourth-order valence-electron chi connectivity index (χ4n) is 2.01. The van der Waals surface area contributed by atoms with Crippen molar-refractivity contribution in [3.8, 4) is 0 Å². The van der Waals surface area contributed by atoms with E-state index in [1.807, 2.05) is 0 Å². The van der Waals surface area contributed by atoms with Crippen LogP contribution >= 0.6 is 0 Å². The molecule has 0 aliphatic carbocycles. The molecule has 19 heavy (non-hydrogen) atoms. The third-order valence-corrected chi connectivity index (χ3v) is 3.52. The van der Waals surface area contributed by atoms with E-state index in [1.54, 1.807) is 0 Å². The molecule has 0 fully saturated rings. The molecule has 108 valence electrons. The van der Waals surface area contributed by atoms with Crippen molar-refractivity contribution in [2.75, 3.05) is 20.1 Å². The molecule has 0 spiro atoms. The van der Waals surface area contributed by atoms with E-state index >= 15 is 0 Å². The van der Waals surface area contributed by atoms with E-state index in [4.69, 9.17) is 0 Å². The molecule has 0 bridgehead atoms. The zero-order chi connectivity index (χ0) is 14.3. The molecule has 0 unspecified atom stereocenters. The smallest absolute Gasteiger partial charge is 0.0206 e. The van der Waals surface area contributed by atoms with Gasteiger partial charge in [0.15, 0.2) is 0 Å². The molecule has 1 rings (SSSR count). The van der Waals surface area contributed by atoms with Gasteiger partial charge in [-0.2, -0.15) is 0 Å². The van der Waals surface area contributed by atoms with Crippen molar-refractivity contribution >= 4 is 0 Å². The standard InChI is InChI=1S/C17H30N2/c1-14(2)12-16-6-8-17(9-7-16)13-18-10-11-19(5)15(3)4/h6-9,14-15,18H,10-13H2,1-5H3. The van der Waals surface area contributed by atoms with Crippen molar-refractivity contribution in [2.45, 2.75) is 46.7 Å². The van der Waals surface area contributed by atoms with Crippen LogP contribution in [0.1, 0.15) is 38.8 Å². The van der Waals surface area contributed by atoms with Gasteiger partial charge in [-0.15, -0.1) is 0 Å². The molecule has 0 saturated heterocycles. The summed E-state index contributed by atoms with van der Waals surface area (Å²) in [6, 6.07) is 9.64. The van der Waals surface area contributed by atoms with Gasteiger partial charge in [-0.3, -0.25) is 0 Å². The van der Waals surface area contributed by atoms with Gasteiger partial charge in [-0.05, 0) is 44.4 Å². The van der Waals surface area contributed by atoms with E-state index < -0.39 is 0 Å². The van der Waals surface area contributed by atoms with E-state index in [-0.39, 0.29) is 0 Å². The second-order valence-electron chi connectivity index (χ2n) is 6.17. The van der Waals surface area contributed by atoms with Crippen LogP contribution in [0.5, 0.6) is 0 Å². The van der Waals surface area contributed by atoms with Gasteiger partial charge in [-0.25, -0.2) is 0 Å². The van der Waals surface area contributed by atoms with Crippen LogP contribution in [0.4, 0.5) is 0 Å². The van der Waals surface area contributed by atoms with Crippen LogP contribution in [0.3, 0.4) is 0 Å². The fraction of sp³-hybridized carbons (Fsp3) is 0.647. The minimum Gasteiger partial charge on any atom is -0.311 e. The summed E-state index contributed by atoms with van der Waals surface area (Å²) in [6.07, 6.45) is 1.17. The first-order valence-corrected chi connectivity index (χ1v) is 7.47. The summed E-state index contributed by atoms with van der Waals surface area (Å²) in [5, 5.41) is 3.51. The predicted octanol–water partition coefficient (Wildman–Crippen LogP) is 3.31. The molecule has 0 saturated carbocycles. The number of nitrogens with zero attached hydrogens (tertiary/aromatic N) is 1. The predicted molar refractivity (Wildman–Crippen MR) is 84.5 cm³/mol. The average Bonchev–Trinajstić information content (AvgIpc) is 2.35. The highest BCUT2D eigenvalue weighted by Crippen LogP contribution is 2.09. The summed E-state index contributed by atoms with van der Waals surface area (Å²) in [5.74, 6) is 0.732. The van der Waals surface area contributed by atoms with Crippen molar-refractivity contribution in [1.82, 2.24) is 10.2 Å². The van der Waals surface area contributed by atoms with Gasteiger partial charge in [0.05, 0.1) is 0 Å². The second kappa shape index (κ2) is 8.34. The minimum absolute atomic E-state index is 0.622. The monoisotopic (exact) mass is 262 g/mol. The maximum atomic E-state index is 3.51. The molecule has 0 aliphatic heterocycles. The second-order valence-corrected chi connectivity index (χ2v) is 6.17. The normalized spacial score (nSPS) is 11.8. The number of hydrogen-bond acceptors (Lipinski definition) is 2. The summed E-state index contributed by atoms with van der Waals surface area (Å²) in [4.78, 5) is 2.36. The van der Waals surface area contributed by atoms with Crippen molar-refractivity contribution in [3.05, 3.63) is 35.4 Å². The quantitative estimate of drug-likeness (QED) is 0.723. The number of nitrogens with one attached hydrogen (secondary N) is 1. The summed E-state index contributed by atoms with van der Waals surface area (Å²) in [5.41, 5.74) is 2.82. The summed E-state index contributed by atoms with van der Waals surface area (Å²) >= 11 is 0. The SMILES string of the molecule is CC(C)Cc1ccc(CNCCN(C)C(C)C)cc1. The van der Waals surface area contributed by atoms with E-state index in [9.17, 15) is 0 Å². The van der Waals surface area contributed by atoms with Crippen LogP contribution < -0.4 is 5.32 Å². The van der Waals surface area contributed by atoms with Gasteiger partial charge in [0, 0.05) is 25.7 Å². The van der Waals surface area contributed by atoms with Gasteiger partial charge in [0.2, 0.25) is 0 Å². The first kappa shape index (κ1) is 16.2. The Morgan fingerprint density at radius 3 is 2.11 bits per heavy atom. The molecule has 2 nitrogen and oxygen atoms in total. The van der Waals surface area contributed by atoms with E-state index in [0.29, 0.717) is 6.04 Å². The first-order chi connectivity index (χ1) is 8.99. The van der Waals surface area contributed by atoms with Gasteiger partial charge in [0.1, 0.15) is 0 Å². The number of likely N-dealkylation sites (N-methyl/N-ethyl adjacent to an activating group) is 1. The van der Waals surface area contributed by atoms with Crippen LogP contribution in [0.2, 0.25) is 0 Å². The summed E-state index contributed by atoms with van der Waals surface area (Å²) < 4.78 is 0. The van der Waals surface area contributed by atoms with Crippen molar-refractivity contribution < 1.29 is 0 Å². The van der Waals surface area contributed by atoms with Crippen LogP contribution in [0, 0.1) is 5.92 Å². The third-order valence-electron chi connectivity index (χ3n) is 3.52. The number of benzene rings is 1. The van der Waals surface area contributed by atoms with Crippen molar-refractivity contribution in [1.29, 1.82) is 0 Å². The average molecular weight is 262 g/mol. The van der Waals surface area contributed by atoms with Crippen molar-refractivity contribution in [3.63, 3.8) is 0 Å². The molecular formula is C17H30N2. The van der Waals surface area contributed by atoms with Gasteiger partial charge >= 0.3 is 0 Å². The van der Waals surface area contributed by atoms with Crippen LogP contribution in [0.25, 0.3) is 0 Å². The zero-order valence-corrected chi connectivity index (χ0v) is 13.2. The molecular weight excluding hydrogens is 232 g/mol. The highest BCUT2D eigenvalue weighted by Gasteiger charge is 2.02. The van der Waals surface area contributed by atoms with Crippen LogP contribution in [0.15, 0.2) is 24.3 Å². The van der Waals surface area contributed by atoms with Gasteiger partial charge < -0.3 is 10.2 Å².